The van der Waals surface area contributed by atoms with E-state index in [0.29, 0.717) is 5.78 Å². The predicted molar refractivity (Wildman–Crippen MR) is 44.3 cm³/mol. The van der Waals surface area contributed by atoms with Crippen molar-refractivity contribution in [3.8, 4) is 0 Å². The van der Waals surface area contributed by atoms with Crippen molar-refractivity contribution >= 4 is 5.78 Å². The predicted octanol–water partition coefficient (Wildman–Crippen LogP) is 2.47. The van der Waals surface area contributed by atoms with Crippen molar-refractivity contribution in [3.05, 3.63) is 12.2 Å². The number of Topliss-reactive ketones (excluding diaryl/α,β-unsaturated/α-hetero) is 1. The van der Waals surface area contributed by atoms with E-state index in [2.05, 4.69) is 6.58 Å². The fraction of sp³-hybridized carbons (Fsp3) is 0.700. The highest BCUT2D eigenvalue weighted by Crippen LogP contribution is 2.50. The lowest BCUT2D eigenvalue weighted by Crippen LogP contribution is -2.43. The normalized spacial score (nSPS) is 28.7. The molecule has 0 radical (unpaired) electrons. The topological polar surface area (TPSA) is 17.1 Å². The Morgan fingerprint density at radius 3 is 2.27 bits per heavy atom. The molecule has 0 heterocycles. The van der Waals surface area contributed by atoms with Crippen LogP contribution in [-0.4, -0.2) is 5.78 Å². The van der Waals surface area contributed by atoms with E-state index in [1.165, 1.54) is 19.3 Å². The van der Waals surface area contributed by atoms with Gasteiger partial charge in [0.1, 0.15) is 0 Å². The lowest BCUT2D eigenvalue weighted by atomic mass is 9.58. The molecule has 2 saturated carbocycles. The summed E-state index contributed by atoms with van der Waals surface area (Å²) in [5.74, 6) is 0.372. The molecule has 2 aliphatic rings. The van der Waals surface area contributed by atoms with Gasteiger partial charge in [-0.15, -0.1) is 0 Å². The van der Waals surface area contributed by atoms with Gasteiger partial charge in [0.25, 0.3) is 0 Å². The molecule has 0 aromatic heterocycles. The van der Waals surface area contributed by atoms with E-state index < -0.39 is 0 Å². The zero-order valence-corrected chi connectivity index (χ0v) is 6.86. The maximum Gasteiger partial charge on any atom is 0.164 e. The SMILES string of the molecule is C=C1CC2(CCCCC2)C1=O. The maximum absolute atomic E-state index is 11.4. The molecule has 0 bridgehead atoms. The van der Waals surface area contributed by atoms with Crippen molar-refractivity contribution < 1.29 is 4.79 Å². The molecule has 1 heteroatoms. The number of carbonyl (C=O) groups is 1. The van der Waals surface area contributed by atoms with E-state index >= 15 is 0 Å². The second-order valence-corrected chi connectivity index (χ2v) is 3.95. The van der Waals surface area contributed by atoms with Gasteiger partial charge in [-0.3, -0.25) is 4.79 Å². The van der Waals surface area contributed by atoms with Gasteiger partial charge >= 0.3 is 0 Å². The largest absolute Gasteiger partial charge is 0.294 e. The third-order valence-corrected chi connectivity index (χ3v) is 3.17. The molecule has 0 aromatic rings. The van der Waals surface area contributed by atoms with Crippen LogP contribution < -0.4 is 0 Å². The molecular weight excluding hydrogens is 136 g/mol. The molecule has 1 spiro atoms. The van der Waals surface area contributed by atoms with Crippen molar-refractivity contribution in [2.75, 3.05) is 0 Å². The number of rotatable bonds is 0. The summed E-state index contributed by atoms with van der Waals surface area (Å²) in [6, 6.07) is 0. The molecule has 0 amide bonds. The molecule has 2 rings (SSSR count). The number of ketones is 1. The van der Waals surface area contributed by atoms with Gasteiger partial charge in [-0.2, -0.15) is 0 Å². The lowest BCUT2D eigenvalue weighted by Gasteiger charge is -2.44. The van der Waals surface area contributed by atoms with E-state index in [1.54, 1.807) is 0 Å². The van der Waals surface area contributed by atoms with Crippen molar-refractivity contribution in [3.63, 3.8) is 0 Å². The van der Waals surface area contributed by atoms with E-state index in [9.17, 15) is 4.79 Å². The minimum absolute atomic E-state index is 0.0926. The van der Waals surface area contributed by atoms with Crippen LogP contribution in [0.2, 0.25) is 0 Å². The molecule has 2 fully saturated rings. The summed E-state index contributed by atoms with van der Waals surface area (Å²) in [4.78, 5) is 11.4. The number of allylic oxidation sites excluding steroid dienone is 1. The van der Waals surface area contributed by atoms with Gasteiger partial charge in [-0.25, -0.2) is 0 Å². The van der Waals surface area contributed by atoms with Gasteiger partial charge in [-0.05, 0) is 24.8 Å². The quantitative estimate of drug-likeness (QED) is 0.485. The van der Waals surface area contributed by atoms with Gasteiger partial charge in [0.2, 0.25) is 0 Å². The van der Waals surface area contributed by atoms with Crippen LogP contribution in [0.1, 0.15) is 38.5 Å². The molecule has 0 saturated heterocycles. The molecular formula is C10H14O. The number of hydrogen-bond acceptors (Lipinski definition) is 1. The Balaban J connectivity index is 2.12. The molecule has 0 atom stereocenters. The third kappa shape index (κ3) is 0.867. The maximum atomic E-state index is 11.4. The Labute approximate surface area is 67.5 Å². The highest BCUT2D eigenvalue weighted by molar-refractivity contribution is 6.06. The van der Waals surface area contributed by atoms with Crippen LogP contribution in [0.4, 0.5) is 0 Å². The zero-order chi connectivity index (χ0) is 7.90. The van der Waals surface area contributed by atoms with Crippen molar-refractivity contribution in [2.45, 2.75) is 38.5 Å². The Morgan fingerprint density at radius 2 is 1.82 bits per heavy atom. The van der Waals surface area contributed by atoms with E-state index in [0.717, 1.165) is 24.8 Å². The molecule has 0 aromatic carbocycles. The minimum atomic E-state index is 0.0926. The van der Waals surface area contributed by atoms with Crippen molar-refractivity contribution in [2.24, 2.45) is 5.41 Å². The zero-order valence-electron chi connectivity index (χ0n) is 6.86. The standard InChI is InChI=1S/C10H14O/c1-8-7-10(9(8)11)5-3-2-4-6-10/h1-7H2. The summed E-state index contributed by atoms with van der Waals surface area (Å²) in [6.07, 6.45) is 7.07. The fourth-order valence-electron chi connectivity index (χ4n) is 2.47. The van der Waals surface area contributed by atoms with Gasteiger partial charge in [0.15, 0.2) is 5.78 Å². The fourth-order valence-corrected chi connectivity index (χ4v) is 2.47. The lowest BCUT2D eigenvalue weighted by molar-refractivity contribution is -0.133. The van der Waals surface area contributed by atoms with Gasteiger partial charge < -0.3 is 0 Å². The Hall–Kier alpha value is -0.590. The molecule has 2 aliphatic carbocycles. The van der Waals surface area contributed by atoms with E-state index in [-0.39, 0.29) is 5.41 Å². The minimum Gasteiger partial charge on any atom is -0.294 e. The summed E-state index contributed by atoms with van der Waals surface area (Å²) in [7, 11) is 0. The van der Waals surface area contributed by atoms with Gasteiger partial charge in [-0.1, -0.05) is 25.8 Å². The smallest absolute Gasteiger partial charge is 0.164 e. The Bertz CT molecular complexity index is 209. The molecule has 1 nitrogen and oxygen atoms in total. The summed E-state index contributed by atoms with van der Waals surface area (Å²) < 4.78 is 0. The summed E-state index contributed by atoms with van der Waals surface area (Å²) in [6.45, 7) is 3.74. The number of hydrogen-bond donors (Lipinski definition) is 0. The summed E-state index contributed by atoms with van der Waals surface area (Å²) in [5.41, 5.74) is 0.960. The molecule has 0 aliphatic heterocycles. The second-order valence-electron chi connectivity index (χ2n) is 3.95. The average Bonchev–Trinajstić information content (AvgIpc) is 2.06. The van der Waals surface area contributed by atoms with E-state index in [1.807, 2.05) is 0 Å². The van der Waals surface area contributed by atoms with Gasteiger partial charge in [0.05, 0.1) is 0 Å². The second kappa shape index (κ2) is 2.20. The Kier molecular flexibility index (Phi) is 1.41. The highest BCUT2D eigenvalue weighted by atomic mass is 16.1. The third-order valence-electron chi connectivity index (χ3n) is 3.17. The van der Waals surface area contributed by atoms with Gasteiger partial charge in [0, 0.05) is 5.41 Å². The molecule has 0 unspecified atom stereocenters. The number of carbonyl (C=O) groups excluding carboxylic acids is 1. The van der Waals surface area contributed by atoms with Crippen LogP contribution in [-0.2, 0) is 4.79 Å². The van der Waals surface area contributed by atoms with Crippen molar-refractivity contribution in [1.82, 2.24) is 0 Å². The van der Waals surface area contributed by atoms with Crippen LogP contribution in [0.25, 0.3) is 0 Å². The first-order valence-corrected chi connectivity index (χ1v) is 4.47. The first-order chi connectivity index (χ1) is 5.25. The average molecular weight is 150 g/mol. The molecule has 11 heavy (non-hydrogen) atoms. The first-order valence-electron chi connectivity index (χ1n) is 4.47. The Morgan fingerprint density at radius 1 is 1.18 bits per heavy atom. The summed E-state index contributed by atoms with van der Waals surface area (Å²) >= 11 is 0. The van der Waals surface area contributed by atoms with Crippen LogP contribution in [0.5, 0.6) is 0 Å². The summed E-state index contributed by atoms with van der Waals surface area (Å²) in [5, 5.41) is 0. The van der Waals surface area contributed by atoms with Crippen LogP contribution in [0, 0.1) is 5.41 Å². The van der Waals surface area contributed by atoms with E-state index in [4.69, 9.17) is 0 Å². The highest BCUT2D eigenvalue weighted by Gasteiger charge is 2.48. The molecule has 0 N–H and O–H groups in total. The van der Waals surface area contributed by atoms with Crippen LogP contribution in [0.15, 0.2) is 12.2 Å². The van der Waals surface area contributed by atoms with Crippen LogP contribution >= 0.6 is 0 Å². The first kappa shape index (κ1) is 7.08. The van der Waals surface area contributed by atoms with Crippen molar-refractivity contribution in [1.29, 1.82) is 0 Å². The monoisotopic (exact) mass is 150 g/mol. The van der Waals surface area contributed by atoms with Crippen LogP contribution in [0.3, 0.4) is 0 Å². The molecule has 60 valence electrons.